The highest BCUT2D eigenvalue weighted by Gasteiger charge is 2.37. The molecule has 2 aromatic carbocycles. The number of hydrogen-bond acceptors (Lipinski definition) is 5. The molecule has 0 saturated carbocycles. The molecule has 4 rings (SSSR count). The molecule has 200 valence electrons. The molecule has 0 bridgehead atoms. The van der Waals surface area contributed by atoms with Crippen molar-refractivity contribution in [1.82, 2.24) is 25.6 Å². The van der Waals surface area contributed by atoms with Gasteiger partial charge in [-0.1, -0.05) is 38.1 Å². The fourth-order valence-electron chi connectivity index (χ4n) is 3.94. The van der Waals surface area contributed by atoms with E-state index in [0.29, 0.717) is 42.2 Å². The Kier molecular flexibility index (Phi) is 7.70. The average Bonchev–Trinajstić information content (AvgIpc) is 3.40. The molecule has 0 saturated heterocycles. The summed E-state index contributed by atoms with van der Waals surface area (Å²) in [7, 11) is 0. The number of aromatic amines is 1. The standard InChI is InChI=1S/C26H23F6N5O/c1-15(2)21-9-10-33-22(8-5-16-3-6-18(7-4-16)24-34-36-37-35-24)23(21)38-14-17-11-19(25(27,28)29)13-20(12-17)26(30,31)32/h3-4,6-7,9-13,15H,5,8,14H2,1-2H3,(H,34,35,36,37). The van der Waals surface area contributed by atoms with Gasteiger partial charge in [0.15, 0.2) is 5.82 Å². The van der Waals surface area contributed by atoms with Crippen LogP contribution in [0.4, 0.5) is 26.3 Å². The fraction of sp³-hybridized carbons (Fsp3) is 0.308. The molecule has 1 N–H and O–H groups in total. The van der Waals surface area contributed by atoms with Crippen LogP contribution in [0.25, 0.3) is 11.4 Å². The van der Waals surface area contributed by atoms with Gasteiger partial charge in [0.2, 0.25) is 0 Å². The first-order chi connectivity index (χ1) is 17.9. The van der Waals surface area contributed by atoms with E-state index in [1.54, 1.807) is 12.3 Å². The number of H-pyrrole nitrogens is 1. The van der Waals surface area contributed by atoms with E-state index in [1.165, 1.54) is 0 Å². The van der Waals surface area contributed by atoms with Crippen molar-refractivity contribution < 1.29 is 31.1 Å². The minimum Gasteiger partial charge on any atom is -0.487 e. The highest BCUT2D eigenvalue weighted by Crippen LogP contribution is 2.37. The lowest BCUT2D eigenvalue weighted by Gasteiger charge is -2.19. The van der Waals surface area contributed by atoms with E-state index in [9.17, 15) is 26.3 Å². The molecule has 0 fully saturated rings. The summed E-state index contributed by atoms with van der Waals surface area (Å²) in [6, 6.07) is 10.7. The molecule has 0 aliphatic rings. The smallest absolute Gasteiger partial charge is 0.416 e. The predicted octanol–water partition coefficient (Wildman–Crippen LogP) is 6.79. The average molecular weight is 535 g/mol. The number of rotatable bonds is 8. The van der Waals surface area contributed by atoms with Crippen molar-refractivity contribution in [3.8, 4) is 17.1 Å². The molecule has 4 aromatic rings. The number of ether oxygens (including phenoxy) is 1. The van der Waals surface area contributed by atoms with Gasteiger partial charge in [-0.15, -0.1) is 5.10 Å². The third-order valence-electron chi connectivity index (χ3n) is 5.88. The largest absolute Gasteiger partial charge is 0.487 e. The summed E-state index contributed by atoms with van der Waals surface area (Å²) in [6.07, 6.45) is -7.24. The molecule has 38 heavy (non-hydrogen) atoms. The van der Waals surface area contributed by atoms with Crippen LogP contribution in [0.2, 0.25) is 0 Å². The van der Waals surface area contributed by atoms with Crippen molar-refractivity contribution in [2.24, 2.45) is 0 Å². The van der Waals surface area contributed by atoms with Crippen LogP contribution < -0.4 is 4.74 Å². The lowest BCUT2D eigenvalue weighted by Crippen LogP contribution is -2.13. The summed E-state index contributed by atoms with van der Waals surface area (Å²) in [5, 5.41) is 13.6. The van der Waals surface area contributed by atoms with E-state index in [0.717, 1.165) is 16.7 Å². The molecule has 2 aromatic heterocycles. The summed E-state index contributed by atoms with van der Waals surface area (Å²) < 4.78 is 85.5. The third kappa shape index (κ3) is 6.48. The molecule has 0 spiro atoms. The molecular formula is C26H23F6N5O. The second-order valence-corrected chi connectivity index (χ2v) is 8.98. The zero-order valence-corrected chi connectivity index (χ0v) is 20.4. The SMILES string of the molecule is CC(C)c1ccnc(CCc2ccc(-c3nnn[nH]3)cc2)c1OCc1cc(C(F)(F)F)cc(C(F)(F)F)c1. The van der Waals surface area contributed by atoms with Crippen LogP contribution in [0.15, 0.2) is 54.7 Å². The lowest BCUT2D eigenvalue weighted by atomic mass is 9.99. The van der Waals surface area contributed by atoms with Crippen LogP contribution in [-0.4, -0.2) is 25.6 Å². The molecule has 0 aliphatic carbocycles. The van der Waals surface area contributed by atoms with Gasteiger partial charge in [-0.25, -0.2) is 5.10 Å². The van der Waals surface area contributed by atoms with Crippen LogP contribution >= 0.6 is 0 Å². The number of benzene rings is 2. The van der Waals surface area contributed by atoms with E-state index >= 15 is 0 Å². The van der Waals surface area contributed by atoms with E-state index in [4.69, 9.17) is 4.74 Å². The van der Waals surface area contributed by atoms with Crippen LogP contribution in [0.1, 0.15) is 53.3 Å². The van der Waals surface area contributed by atoms with Gasteiger partial charge in [-0.3, -0.25) is 4.98 Å². The topological polar surface area (TPSA) is 76.6 Å². The zero-order chi connectivity index (χ0) is 27.5. The molecule has 0 amide bonds. The Morgan fingerprint density at radius 2 is 1.50 bits per heavy atom. The summed E-state index contributed by atoms with van der Waals surface area (Å²) in [5.74, 6) is 0.869. The van der Waals surface area contributed by atoms with Crippen LogP contribution in [0.5, 0.6) is 5.75 Å². The number of hydrogen-bond donors (Lipinski definition) is 1. The predicted molar refractivity (Wildman–Crippen MR) is 126 cm³/mol. The number of halogens is 6. The Morgan fingerprint density at radius 3 is 2.05 bits per heavy atom. The maximum absolute atomic E-state index is 13.3. The minimum absolute atomic E-state index is 0.0196. The summed E-state index contributed by atoms with van der Waals surface area (Å²) in [4.78, 5) is 4.40. The number of nitrogens with zero attached hydrogens (tertiary/aromatic N) is 4. The van der Waals surface area contributed by atoms with E-state index in [-0.39, 0.29) is 17.5 Å². The Balaban J connectivity index is 1.57. The van der Waals surface area contributed by atoms with Gasteiger partial charge < -0.3 is 4.74 Å². The highest BCUT2D eigenvalue weighted by molar-refractivity contribution is 5.54. The highest BCUT2D eigenvalue weighted by atomic mass is 19.4. The Bertz CT molecular complexity index is 1330. The van der Waals surface area contributed by atoms with Gasteiger partial charge in [-0.2, -0.15) is 26.3 Å². The van der Waals surface area contributed by atoms with Gasteiger partial charge in [0.05, 0.1) is 16.8 Å². The van der Waals surface area contributed by atoms with Crippen molar-refractivity contribution in [1.29, 1.82) is 0 Å². The first-order valence-electron chi connectivity index (χ1n) is 11.6. The van der Waals surface area contributed by atoms with Gasteiger partial charge in [0.25, 0.3) is 0 Å². The molecular weight excluding hydrogens is 512 g/mol. The van der Waals surface area contributed by atoms with Gasteiger partial charge >= 0.3 is 12.4 Å². The molecule has 2 heterocycles. The van der Waals surface area contributed by atoms with Gasteiger partial charge in [-0.05, 0) is 64.6 Å². The van der Waals surface area contributed by atoms with Crippen LogP contribution in [-0.2, 0) is 31.8 Å². The Labute approximate surface area is 214 Å². The molecule has 0 aliphatic heterocycles. The van der Waals surface area contributed by atoms with Crippen molar-refractivity contribution in [2.45, 2.75) is 51.6 Å². The van der Waals surface area contributed by atoms with Crippen LogP contribution in [0.3, 0.4) is 0 Å². The molecule has 0 unspecified atom stereocenters. The second-order valence-electron chi connectivity index (χ2n) is 8.98. The van der Waals surface area contributed by atoms with E-state index in [2.05, 4.69) is 25.6 Å². The first kappa shape index (κ1) is 27.1. The number of nitrogens with one attached hydrogen (secondary N) is 1. The Morgan fingerprint density at radius 1 is 0.842 bits per heavy atom. The minimum atomic E-state index is -4.93. The Hall–Kier alpha value is -3.96. The quantitative estimate of drug-likeness (QED) is 0.252. The summed E-state index contributed by atoms with van der Waals surface area (Å²) in [5.41, 5.74) is 0.0960. The number of aryl methyl sites for hydroxylation is 2. The summed E-state index contributed by atoms with van der Waals surface area (Å²) in [6.45, 7) is 3.34. The second kappa shape index (κ2) is 10.8. The number of alkyl halides is 6. The summed E-state index contributed by atoms with van der Waals surface area (Å²) >= 11 is 0. The van der Waals surface area contributed by atoms with Crippen molar-refractivity contribution in [3.05, 3.63) is 88.2 Å². The van der Waals surface area contributed by atoms with Crippen molar-refractivity contribution in [3.63, 3.8) is 0 Å². The van der Waals surface area contributed by atoms with E-state index < -0.39 is 30.1 Å². The number of pyridine rings is 1. The van der Waals surface area contributed by atoms with Crippen molar-refractivity contribution >= 4 is 0 Å². The normalized spacial score (nSPS) is 12.2. The zero-order valence-electron chi connectivity index (χ0n) is 20.4. The molecule has 12 heteroatoms. The molecule has 0 atom stereocenters. The maximum Gasteiger partial charge on any atom is 0.416 e. The monoisotopic (exact) mass is 535 g/mol. The third-order valence-corrected chi connectivity index (χ3v) is 5.88. The number of tetrazole rings is 1. The molecule has 0 radical (unpaired) electrons. The van der Waals surface area contributed by atoms with Crippen molar-refractivity contribution in [2.75, 3.05) is 0 Å². The number of aromatic nitrogens is 5. The maximum atomic E-state index is 13.3. The van der Waals surface area contributed by atoms with Crippen LogP contribution in [0, 0.1) is 0 Å². The fourth-order valence-corrected chi connectivity index (χ4v) is 3.94. The lowest BCUT2D eigenvalue weighted by molar-refractivity contribution is -0.143. The molecule has 6 nitrogen and oxygen atoms in total. The van der Waals surface area contributed by atoms with Gasteiger partial charge in [0, 0.05) is 17.3 Å². The van der Waals surface area contributed by atoms with Gasteiger partial charge in [0.1, 0.15) is 12.4 Å². The first-order valence-corrected chi connectivity index (χ1v) is 11.6. The van der Waals surface area contributed by atoms with E-state index in [1.807, 2.05) is 38.1 Å².